The quantitative estimate of drug-likeness (QED) is 0.436. The highest BCUT2D eigenvalue weighted by molar-refractivity contribution is 5.88. The third-order valence-electron chi connectivity index (χ3n) is 8.00. The van der Waals surface area contributed by atoms with Crippen LogP contribution in [-0.2, 0) is 20.9 Å². The Balaban J connectivity index is 1.62. The van der Waals surface area contributed by atoms with Crippen LogP contribution < -0.4 is 5.32 Å². The van der Waals surface area contributed by atoms with E-state index < -0.39 is 17.7 Å². The second-order valence-electron chi connectivity index (χ2n) is 10.1. The van der Waals surface area contributed by atoms with Crippen molar-refractivity contribution >= 4 is 11.9 Å². The number of aromatic hydroxyl groups is 2. The van der Waals surface area contributed by atoms with E-state index in [9.17, 15) is 19.8 Å². The summed E-state index contributed by atoms with van der Waals surface area (Å²) in [7, 11) is 0. The minimum absolute atomic E-state index is 0.102. The lowest BCUT2D eigenvalue weighted by Crippen LogP contribution is -2.52. The van der Waals surface area contributed by atoms with Gasteiger partial charge in [-0.2, -0.15) is 0 Å². The van der Waals surface area contributed by atoms with Crippen molar-refractivity contribution in [3.05, 3.63) is 23.8 Å². The maximum Gasteiger partial charge on any atom is 0.329 e. The fourth-order valence-corrected chi connectivity index (χ4v) is 5.31. The van der Waals surface area contributed by atoms with Gasteiger partial charge in [0.2, 0.25) is 5.91 Å². The molecule has 0 radical (unpaired) electrons. The first-order chi connectivity index (χ1) is 15.0. The lowest BCUT2D eigenvalue weighted by atomic mass is 9.72. The number of carbonyl (C=O) groups is 2. The summed E-state index contributed by atoms with van der Waals surface area (Å²) in [6.07, 6.45) is 4.37. The number of esters is 1. The van der Waals surface area contributed by atoms with Crippen molar-refractivity contribution in [1.82, 2.24) is 10.2 Å². The van der Waals surface area contributed by atoms with Gasteiger partial charge in [-0.05, 0) is 63.1 Å². The SMILES string of the molecule is CCC1CCC(C)(OC(=O)C2CCCN2C(=O)C(C)NCc2ccc(O)c(O)c2)C1(C)C. The van der Waals surface area contributed by atoms with Crippen molar-refractivity contribution in [2.24, 2.45) is 11.3 Å². The number of benzene rings is 1. The van der Waals surface area contributed by atoms with Gasteiger partial charge >= 0.3 is 5.97 Å². The summed E-state index contributed by atoms with van der Waals surface area (Å²) in [5, 5.41) is 22.2. The van der Waals surface area contributed by atoms with Crippen LogP contribution in [0.5, 0.6) is 11.5 Å². The molecule has 4 atom stereocenters. The van der Waals surface area contributed by atoms with Gasteiger partial charge in [-0.3, -0.25) is 4.79 Å². The van der Waals surface area contributed by atoms with Crippen molar-refractivity contribution in [1.29, 1.82) is 0 Å². The molecule has 3 rings (SSSR count). The summed E-state index contributed by atoms with van der Waals surface area (Å²) in [4.78, 5) is 27.9. The molecule has 1 aromatic carbocycles. The summed E-state index contributed by atoms with van der Waals surface area (Å²) in [6, 6.07) is 3.52. The van der Waals surface area contributed by atoms with Crippen LogP contribution in [-0.4, -0.2) is 51.2 Å². The highest BCUT2D eigenvalue weighted by Gasteiger charge is 2.54. The molecular weight excluding hydrogens is 408 g/mol. The highest BCUT2D eigenvalue weighted by atomic mass is 16.6. The summed E-state index contributed by atoms with van der Waals surface area (Å²) in [5.41, 5.74) is 0.126. The van der Waals surface area contributed by atoms with Gasteiger partial charge in [0, 0.05) is 18.5 Å². The van der Waals surface area contributed by atoms with Crippen LogP contribution in [0, 0.1) is 11.3 Å². The highest BCUT2D eigenvalue weighted by Crippen LogP contribution is 2.53. The maximum atomic E-state index is 13.2. The number of ether oxygens (including phenoxy) is 1. The molecule has 178 valence electrons. The van der Waals surface area contributed by atoms with Crippen LogP contribution in [0.3, 0.4) is 0 Å². The number of amides is 1. The molecule has 32 heavy (non-hydrogen) atoms. The Morgan fingerprint density at radius 3 is 2.56 bits per heavy atom. The fraction of sp³-hybridized carbons (Fsp3) is 0.680. The zero-order chi connectivity index (χ0) is 23.7. The monoisotopic (exact) mass is 446 g/mol. The number of phenols is 2. The van der Waals surface area contributed by atoms with Gasteiger partial charge in [0.05, 0.1) is 6.04 Å². The molecule has 1 saturated heterocycles. The summed E-state index contributed by atoms with van der Waals surface area (Å²) in [6.45, 7) is 11.3. The molecule has 1 aliphatic heterocycles. The smallest absolute Gasteiger partial charge is 0.329 e. The molecule has 7 heteroatoms. The van der Waals surface area contributed by atoms with Crippen molar-refractivity contribution in [3.63, 3.8) is 0 Å². The van der Waals surface area contributed by atoms with E-state index in [2.05, 4.69) is 26.1 Å². The minimum Gasteiger partial charge on any atom is -0.504 e. The van der Waals surface area contributed by atoms with Crippen LogP contribution in [0.2, 0.25) is 0 Å². The van der Waals surface area contributed by atoms with E-state index in [-0.39, 0.29) is 28.8 Å². The van der Waals surface area contributed by atoms with Crippen molar-refractivity contribution in [3.8, 4) is 11.5 Å². The van der Waals surface area contributed by atoms with Crippen LogP contribution in [0.25, 0.3) is 0 Å². The van der Waals surface area contributed by atoms with E-state index in [4.69, 9.17) is 4.74 Å². The molecule has 1 heterocycles. The first-order valence-electron chi connectivity index (χ1n) is 11.8. The minimum atomic E-state index is -0.544. The van der Waals surface area contributed by atoms with E-state index in [1.54, 1.807) is 17.9 Å². The molecule has 7 nitrogen and oxygen atoms in total. The maximum absolute atomic E-state index is 13.2. The topological polar surface area (TPSA) is 99.1 Å². The number of carbonyl (C=O) groups excluding carboxylic acids is 2. The second kappa shape index (κ2) is 9.30. The van der Waals surface area contributed by atoms with Crippen LogP contribution in [0.1, 0.15) is 72.3 Å². The third-order valence-corrected chi connectivity index (χ3v) is 8.00. The molecule has 1 aliphatic carbocycles. The first-order valence-corrected chi connectivity index (χ1v) is 11.8. The lowest BCUT2D eigenvalue weighted by molar-refractivity contribution is -0.176. The summed E-state index contributed by atoms with van der Waals surface area (Å²) in [5.74, 6) is -0.279. The van der Waals surface area contributed by atoms with E-state index in [0.717, 1.165) is 31.2 Å². The molecule has 0 aromatic heterocycles. The van der Waals surface area contributed by atoms with Gasteiger partial charge in [0.25, 0.3) is 0 Å². The van der Waals surface area contributed by atoms with Gasteiger partial charge in [-0.15, -0.1) is 0 Å². The number of hydrogen-bond acceptors (Lipinski definition) is 6. The molecule has 2 fully saturated rings. The first kappa shape index (κ1) is 24.4. The fourth-order valence-electron chi connectivity index (χ4n) is 5.31. The van der Waals surface area contributed by atoms with Crippen LogP contribution in [0.4, 0.5) is 0 Å². The zero-order valence-corrected chi connectivity index (χ0v) is 20.0. The van der Waals surface area contributed by atoms with Gasteiger partial charge in [-0.25, -0.2) is 4.79 Å². The van der Waals surface area contributed by atoms with E-state index >= 15 is 0 Å². The number of nitrogens with one attached hydrogen (secondary N) is 1. The van der Waals surface area contributed by atoms with Gasteiger partial charge in [0.15, 0.2) is 11.5 Å². The summed E-state index contributed by atoms with van der Waals surface area (Å²) >= 11 is 0. The third kappa shape index (κ3) is 4.58. The molecule has 0 spiro atoms. The molecule has 1 saturated carbocycles. The van der Waals surface area contributed by atoms with E-state index in [0.29, 0.717) is 25.4 Å². The number of likely N-dealkylation sites (tertiary alicyclic amines) is 1. The number of rotatable bonds is 7. The molecular formula is C25H38N2O5. The molecule has 2 aliphatic rings. The Kier molecular flexibility index (Phi) is 7.08. The van der Waals surface area contributed by atoms with Gasteiger partial charge in [-0.1, -0.05) is 33.3 Å². The molecule has 0 bridgehead atoms. The predicted molar refractivity (Wildman–Crippen MR) is 122 cm³/mol. The van der Waals surface area contributed by atoms with E-state index in [1.165, 1.54) is 12.1 Å². The number of hydrogen-bond donors (Lipinski definition) is 3. The van der Waals surface area contributed by atoms with Crippen molar-refractivity contribution < 1.29 is 24.5 Å². The number of nitrogens with zero attached hydrogens (tertiary/aromatic N) is 1. The second-order valence-corrected chi connectivity index (χ2v) is 10.1. The predicted octanol–water partition coefficient (Wildman–Crippen LogP) is 3.72. The Morgan fingerprint density at radius 2 is 1.94 bits per heavy atom. The van der Waals surface area contributed by atoms with E-state index in [1.807, 2.05) is 6.92 Å². The van der Waals surface area contributed by atoms with Gasteiger partial charge in [0.1, 0.15) is 11.6 Å². The summed E-state index contributed by atoms with van der Waals surface area (Å²) < 4.78 is 6.14. The Labute approximate surface area is 191 Å². The van der Waals surface area contributed by atoms with Crippen LogP contribution in [0.15, 0.2) is 18.2 Å². The van der Waals surface area contributed by atoms with Gasteiger partial charge < -0.3 is 25.2 Å². The Morgan fingerprint density at radius 1 is 1.22 bits per heavy atom. The van der Waals surface area contributed by atoms with Crippen molar-refractivity contribution in [2.45, 2.75) is 91.0 Å². The van der Waals surface area contributed by atoms with Crippen molar-refractivity contribution in [2.75, 3.05) is 6.54 Å². The molecule has 1 amide bonds. The number of phenolic OH excluding ortho intramolecular Hbond substituents is 2. The average molecular weight is 447 g/mol. The molecule has 1 aromatic rings. The lowest BCUT2D eigenvalue weighted by Gasteiger charge is -2.42. The molecule has 4 unspecified atom stereocenters. The molecule has 3 N–H and O–H groups in total. The zero-order valence-electron chi connectivity index (χ0n) is 20.0. The standard InChI is InChI=1S/C25H38N2O5/c1-6-18-11-12-25(5,24(18,3)4)32-23(31)19-8-7-13-27(19)22(30)16(2)26-15-17-9-10-20(28)21(29)14-17/h9-10,14,16,18-19,26,28-29H,6-8,11-13,15H2,1-5H3. The van der Waals surface area contributed by atoms with Crippen LogP contribution >= 0.6 is 0 Å². The Hall–Kier alpha value is -2.28. The Bertz CT molecular complexity index is 855. The largest absolute Gasteiger partial charge is 0.504 e. The average Bonchev–Trinajstić information content (AvgIpc) is 3.31. The normalized spacial score (nSPS) is 28.0.